The Morgan fingerprint density at radius 2 is 1.71 bits per heavy atom. The smallest absolute Gasteiger partial charge is 0.261 e. The van der Waals surface area contributed by atoms with E-state index in [1.807, 2.05) is 0 Å². The van der Waals surface area contributed by atoms with Gasteiger partial charge in [-0.15, -0.1) is 0 Å². The summed E-state index contributed by atoms with van der Waals surface area (Å²) in [5.41, 5.74) is 0.710. The van der Waals surface area contributed by atoms with Gasteiger partial charge < -0.3 is 9.84 Å². The summed E-state index contributed by atoms with van der Waals surface area (Å²) in [4.78, 5) is 27.7. The fourth-order valence-electron chi connectivity index (χ4n) is 3.04. The zero-order valence-corrected chi connectivity index (χ0v) is 14.8. The number of benzene rings is 1. The highest BCUT2D eigenvalue weighted by molar-refractivity contribution is 6.21. The third-order valence-electron chi connectivity index (χ3n) is 4.21. The Balaban J connectivity index is 2.03. The van der Waals surface area contributed by atoms with Gasteiger partial charge >= 0.3 is 0 Å². The molecule has 0 aliphatic carbocycles. The number of β-amino-alcohol motifs (C(OH)–C–C–N with tert-alkyl or cyclic N) is 1. The number of amides is 2. The first kappa shape index (κ1) is 18.4. The summed E-state index contributed by atoms with van der Waals surface area (Å²) in [6, 6.07) is 5.80. The van der Waals surface area contributed by atoms with Crippen LogP contribution in [0.5, 0.6) is 5.75 Å². The van der Waals surface area contributed by atoms with Crippen molar-refractivity contribution in [2.24, 2.45) is 0 Å². The van der Waals surface area contributed by atoms with Crippen LogP contribution in [-0.2, 0) is 0 Å². The summed E-state index contributed by atoms with van der Waals surface area (Å²) >= 11 is 0. The topological polar surface area (TPSA) is 70.1 Å². The highest BCUT2D eigenvalue weighted by Crippen LogP contribution is 2.26. The quantitative estimate of drug-likeness (QED) is 0.734. The molecular formula is C18H26N2O4. The molecule has 0 atom stereocenters. The van der Waals surface area contributed by atoms with Crippen molar-refractivity contribution in [3.63, 3.8) is 0 Å². The van der Waals surface area contributed by atoms with Crippen molar-refractivity contribution < 1.29 is 19.4 Å². The number of aliphatic hydroxyl groups is 1. The van der Waals surface area contributed by atoms with Crippen LogP contribution in [0.25, 0.3) is 0 Å². The van der Waals surface area contributed by atoms with Gasteiger partial charge in [-0.3, -0.25) is 19.4 Å². The van der Waals surface area contributed by atoms with E-state index >= 15 is 0 Å². The average molecular weight is 334 g/mol. The molecule has 6 heteroatoms. The van der Waals surface area contributed by atoms with E-state index in [0.717, 1.165) is 11.4 Å². The van der Waals surface area contributed by atoms with Crippen LogP contribution < -0.4 is 4.74 Å². The second kappa shape index (κ2) is 7.77. The first-order valence-electron chi connectivity index (χ1n) is 8.36. The molecule has 1 aromatic carbocycles. The van der Waals surface area contributed by atoms with Gasteiger partial charge in [0.2, 0.25) is 0 Å². The molecule has 1 heterocycles. The minimum absolute atomic E-state index is 0.0142. The van der Waals surface area contributed by atoms with Crippen LogP contribution in [0.15, 0.2) is 18.2 Å². The fraction of sp³-hybridized carbons (Fsp3) is 0.556. The molecule has 1 aliphatic heterocycles. The molecule has 6 nitrogen and oxygen atoms in total. The maximum atomic E-state index is 12.2. The molecule has 1 aliphatic rings. The monoisotopic (exact) mass is 334 g/mol. The largest absolute Gasteiger partial charge is 0.492 e. The molecule has 0 saturated heterocycles. The van der Waals surface area contributed by atoms with Crippen molar-refractivity contribution in [2.75, 3.05) is 26.3 Å². The summed E-state index contributed by atoms with van der Waals surface area (Å²) in [7, 11) is 0. The lowest BCUT2D eigenvalue weighted by Gasteiger charge is -2.30. The summed E-state index contributed by atoms with van der Waals surface area (Å²) < 4.78 is 5.77. The Hall–Kier alpha value is -1.92. The van der Waals surface area contributed by atoms with Crippen molar-refractivity contribution >= 4 is 11.8 Å². The Kier molecular flexibility index (Phi) is 5.96. The molecular weight excluding hydrogens is 308 g/mol. The minimum Gasteiger partial charge on any atom is -0.492 e. The number of nitrogens with zero attached hydrogens (tertiary/aromatic N) is 2. The van der Waals surface area contributed by atoms with Crippen molar-refractivity contribution in [3.8, 4) is 5.75 Å². The third kappa shape index (κ3) is 3.76. The van der Waals surface area contributed by atoms with Crippen LogP contribution in [0.4, 0.5) is 0 Å². The van der Waals surface area contributed by atoms with Crippen LogP contribution in [0.2, 0.25) is 0 Å². The fourth-order valence-corrected chi connectivity index (χ4v) is 3.04. The predicted molar refractivity (Wildman–Crippen MR) is 91.4 cm³/mol. The van der Waals surface area contributed by atoms with E-state index in [0.29, 0.717) is 35.6 Å². The summed E-state index contributed by atoms with van der Waals surface area (Å²) in [6.07, 6.45) is 0. The first-order valence-corrected chi connectivity index (χ1v) is 8.36. The van der Waals surface area contributed by atoms with E-state index in [-0.39, 0.29) is 25.0 Å². The number of carbonyl (C=O) groups is 2. The van der Waals surface area contributed by atoms with E-state index in [4.69, 9.17) is 9.84 Å². The Labute approximate surface area is 143 Å². The van der Waals surface area contributed by atoms with E-state index in [9.17, 15) is 9.59 Å². The van der Waals surface area contributed by atoms with Crippen LogP contribution >= 0.6 is 0 Å². The molecule has 0 spiro atoms. The Morgan fingerprint density at radius 3 is 2.29 bits per heavy atom. The van der Waals surface area contributed by atoms with Gasteiger partial charge in [0.15, 0.2) is 0 Å². The molecule has 0 saturated carbocycles. The van der Waals surface area contributed by atoms with E-state index < -0.39 is 0 Å². The SMILES string of the molecule is CC(C)N(CCOc1ccc2c(c1)C(=O)N(CCO)C2=O)C(C)C. The normalized spacial score (nSPS) is 14.2. The number of carbonyl (C=O) groups excluding carboxylic acids is 2. The van der Waals surface area contributed by atoms with E-state index in [2.05, 4.69) is 32.6 Å². The van der Waals surface area contributed by atoms with Crippen molar-refractivity contribution in [1.82, 2.24) is 9.80 Å². The lowest BCUT2D eigenvalue weighted by Crippen LogP contribution is -2.39. The van der Waals surface area contributed by atoms with Gasteiger partial charge in [-0.1, -0.05) is 0 Å². The van der Waals surface area contributed by atoms with Gasteiger partial charge in [0, 0.05) is 18.6 Å². The van der Waals surface area contributed by atoms with Crippen molar-refractivity contribution in [3.05, 3.63) is 29.3 Å². The maximum Gasteiger partial charge on any atom is 0.261 e. The second-order valence-electron chi connectivity index (χ2n) is 6.47. The highest BCUT2D eigenvalue weighted by Gasteiger charge is 2.35. The molecule has 132 valence electrons. The second-order valence-corrected chi connectivity index (χ2v) is 6.47. The summed E-state index contributed by atoms with van der Waals surface area (Å²) in [5, 5.41) is 8.98. The van der Waals surface area contributed by atoms with Crippen LogP contribution in [-0.4, -0.2) is 65.1 Å². The number of hydrogen-bond donors (Lipinski definition) is 1. The number of hydrogen-bond acceptors (Lipinski definition) is 5. The van der Waals surface area contributed by atoms with Gasteiger partial charge in [0.25, 0.3) is 11.8 Å². The predicted octanol–water partition coefficient (Wildman–Crippen LogP) is 1.77. The molecule has 24 heavy (non-hydrogen) atoms. The van der Waals surface area contributed by atoms with Crippen LogP contribution in [0, 0.1) is 0 Å². The average Bonchev–Trinajstić information content (AvgIpc) is 2.76. The molecule has 1 N–H and O–H groups in total. The summed E-state index contributed by atoms with van der Waals surface area (Å²) in [5.74, 6) is -0.157. The Bertz CT molecular complexity index is 605. The van der Waals surface area contributed by atoms with Crippen molar-refractivity contribution in [2.45, 2.75) is 39.8 Å². The van der Waals surface area contributed by atoms with Gasteiger partial charge in [0.05, 0.1) is 24.3 Å². The Morgan fingerprint density at radius 1 is 1.08 bits per heavy atom. The zero-order chi connectivity index (χ0) is 17.9. The molecule has 0 radical (unpaired) electrons. The third-order valence-corrected chi connectivity index (χ3v) is 4.21. The molecule has 2 rings (SSSR count). The number of aliphatic hydroxyl groups excluding tert-OH is 1. The number of ether oxygens (including phenoxy) is 1. The summed E-state index contributed by atoms with van der Waals surface area (Å²) in [6.45, 7) is 9.67. The molecule has 1 aromatic rings. The maximum absolute atomic E-state index is 12.2. The number of imide groups is 1. The standard InChI is InChI=1S/C18H26N2O4/c1-12(2)19(13(3)4)8-10-24-14-5-6-15-16(11-14)18(23)20(7-9-21)17(15)22/h5-6,11-13,21H,7-10H2,1-4H3. The molecule has 2 amide bonds. The van der Waals surface area contributed by atoms with Gasteiger partial charge in [0.1, 0.15) is 12.4 Å². The first-order chi connectivity index (χ1) is 11.4. The highest BCUT2D eigenvalue weighted by atomic mass is 16.5. The van der Waals surface area contributed by atoms with Gasteiger partial charge in [-0.05, 0) is 45.9 Å². The minimum atomic E-state index is -0.375. The molecule has 0 aromatic heterocycles. The van der Waals surface area contributed by atoms with Gasteiger partial charge in [-0.2, -0.15) is 0 Å². The molecule has 0 unspecified atom stereocenters. The molecule has 0 fully saturated rings. The van der Waals surface area contributed by atoms with Crippen LogP contribution in [0.1, 0.15) is 48.4 Å². The van der Waals surface area contributed by atoms with Gasteiger partial charge in [-0.25, -0.2) is 0 Å². The number of fused-ring (bicyclic) bond motifs is 1. The van der Waals surface area contributed by atoms with Crippen molar-refractivity contribution in [1.29, 1.82) is 0 Å². The van der Waals surface area contributed by atoms with E-state index in [1.54, 1.807) is 18.2 Å². The lowest BCUT2D eigenvalue weighted by atomic mass is 10.1. The van der Waals surface area contributed by atoms with Crippen LogP contribution in [0.3, 0.4) is 0 Å². The number of rotatable bonds is 8. The van der Waals surface area contributed by atoms with E-state index in [1.165, 1.54) is 0 Å². The zero-order valence-electron chi connectivity index (χ0n) is 14.8. The molecule has 0 bridgehead atoms. The lowest BCUT2D eigenvalue weighted by molar-refractivity contribution is 0.0624.